The van der Waals surface area contributed by atoms with E-state index in [9.17, 15) is 4.79 Å². The fraction of sp³-hybridized carbons (Fsp3) is 0.0800. The van der Waals surface area contributed by atoms with E-state index in [0.717, 1.165) is 11.3 Å². The number of nitrogens with zero attached hydrogens (tertiary/aromatic N) is 2. The lowest BCUT2D eigenvalue weighted by Crippen LogP contribution is -2.09. The molecule has 0 bridgehead atoms. The Morgan fingerprint density at radius 2 is 1.47 bits per heavy atom. The highest BCUT2D eigenvalue weighted by molar-refractivity contribution is 5.90. The zero-order valence-corrected chi connectivity index (χ0v) is 17.5. The lowest BCUT2D eigenvalue weighted by atomic mass is 10.1. The first-order valence-corrected chi connectivity index (χ1v) is 10.1. The summed E-state index contributed by atoms with van der Waals surface area (Å²) in [6, 6.07) is 24.0. The number of nitrogens with one attached hydrogen (secondary N) is 1. The Balaban J connectivity index is 1.55. The summed E-state index contributed by atoms with van der Waals surface area (Å²) in [5, 5.41) is 2.80. The summed E-state index contributed by atoms with van der Waals surface area (Å²) >= 11 is 0. The van der Waals surface area contributed by atoms with Crippen molar-refractivity contribution in [3.63, 3.8) is 0 Å². The van der Waals surface area contributed by atoms with Gasteiger partial charge in [0.1, 0.15) is 29.4 Å². The van der Waals surface area contributed by atoms with Crippen LogP contribution in [0.5, 0.6) is 23.1 Å². The van der Waals surface area contributed by atoms with Gasteiger partial charge in [-0.25, -0.2) is 9.97 Å². The maximum Gasteiger partial charge on any atom is 0.232 e. The van der Waals surface area contributed by atoms with Crippen molar-refractivity contribution in [1.29, 1.82) is 0 Å². The maximum atomic E-state index is 11.5. The van der Waals surface area contributed by atoms with E-state index in [-0.39, 0.29) is 5.91 Å². The molecule has 0 aliphatic carbocycles. The first-order chi connectivity index (χ1) is 15.6. The van der Waals surface area contributed by atoms with Gasteiger partial charge in [0.2, 0.25) is 11.8 Å². The molecule has 0 radical (unpaired) electrons. The molecule has 7 nitrogen and oxygen atoms in total. The highest BCUT2D eigenvalue weighted by atomic mass is 16.5. The molecule has 1 heterocycles. The van der Waals surface area contributed by atoms with Crippen molar-refractivity contribution in [2.24, 2.45) is 0 Å². The number of para-hydroxylation sites is 1. The molecule has 32 heavy (non-hydrogen) atoms. The molecule has 0 aliphatic heterocycles. The molecule has 160 valence electrons. The monoisotopic (exact) mass is 426 g/mol. The van der Waals surface area contributed by atoms with Crippen LogP contribution in [-0.2, 0) is 4.79 Å². The van der Waals surface area contributed by atoms with Crippen molar-refractivity contribution >= 4 is 17.4 Å². The van der Waals surface area contributed by atoms with E-state index in [0.29, 0.717) is 40.9 Å². The summed E-state index contributed by atoms with van der Waals surface area (Å²) in [4.78, 5) is 19.9. The molecule has 0 aliphatic rings. The van der Waals surface area contributed by atoms with Crippen molar-refractivity contribution in [3.05, 3.63) is 85.2 Å². The van der Waals surface area contributed by atoms with Crippen LogP contribution in [0.15, 0.2) is 85.2 Å². The molecule has 4 aromatic rings. The number of amides is 1. The highest BCUT2D eigenvalue weighted by Crippen LogP contribution is 2.36. The summed E-state index contributed by atoms with van der Waals surface area (Å²) in [5.41, 5.74) is 8.23. The summed E-state index contributed by atoms with van der Waals surface area (Å²) in [5.74, 6) is 2.60. The number of carbonyl (C=O) groups is 1. The van der Waals surface area contributed by atoms with Crippen LogP contribution in [0.3, 0.4) is 0 Å². The topological polar surface area (TPSA) is 99.4 Å². The van der Waals surface area contributed by atoms with Gasteiger partial charge < -0.3 is 20.5 Å². The first kappa shape index (κ1) is 20.9. The van der Waals surface area contributed by atoms with Gasteiger partial charge in [-0.3, -0.25) is 4.79 Å². The average Bonchev–Trinajstić information content (AvgIpc) is 2.82. The predicted molar refractivity (Wildman–Crippen MR) is 124 cm³/mol. The van der Waals surface area contributed by atoms with E-state index in [1.807, 2.05) is 54.6 Å². The van der Waals surface area contributed by atoms with Gasteiger partial charge >= 0.3 is 0 Å². The number of carbonyl (C=O) groups excluding carboxylic acids is 1. The third kappa shape index (κ3) is 5.02. The van der Waals surface area contributed by atoms with E-state index in [2.05, 4.69) is 15.3 Å². The predicted octanol–water partition coefficient (Wildman–Crippen LogP) is 5.66. The molecule has 1 aromatic heterocycles. The zero-order chi connectivity index (χ0) is 22.3. The van der Waals surface area contributed by atoms with E-state index in [1.54, 1.807) is 31.2 Å². The molecule has 0 spiro atoms. The van der Waals surface area contributed by atoms with Gasteiger partial charge in [0.25, 0.3) is 0 Å². The van der Waals surface area contributed by atoms with Crippen LogP contribution >= 0.6 is 0 Å². The number of nitrogens with two attached hydrogens (primary N) is 1. The van der Waals surface area contributed by atoms with E-state index < -0.39 is 0 Å². The molecule has 1 amide bonds. The van der Waals surface area contributed by atoms with Gasteiger partial charge in [-0.1, -0.05) is 37.3 Å². The smallest absolute Gasteiger partial charge is 0.232 e. The lowest BCUT2D eigenvalue weighted by Gasteiger charge is -2.13. The van der Waals surface area contributed by atoms with Crippen LogP contribution in [-0.4, -0.2) is 15.9 Å². The SMILES string of the molecule is CCC(=O)Nc1ccc(Oc2ncnc(N)c2-c2ccc(Oc3ccccc3)cc2)cc1. The second-order valence-electron chi connectivity index (χ2n) is 6.91. The Kier molecular flexibility index (Phi) is 6.27. The maximum absolute atomic E-state index is 11.5. The third-order valence-electron chi connectivity index (χ3n) is 4.64. The Morgan fingerprint density at radius 3 is 2.16 bits per heavy atom. The normalized spacial score (nSPS) is 10.4. The van der Waals surface area contributed by atoms with Crippen molar-refractivity contribution in [2.45, 2.75) is 13.3 Å². The van der Waals surface area contributed by atoms with Gasteiger partial charge in [0.05, 0.1) is 5.56 Å². The average molecular weight is 426 g/mol. The van der Waals surface area contributed by atoms with Crippen molar-refractivity contribution in [3.8, 4) is 34.3 Å². The molecule has 0 saturated carbocycles. The fourth-order valence-electron chi connectivity index (χ4n) is 3.01. The molecule has 0 atom stereocenters. The number of anilines is 2. The number of aromatic nitrogens is 2. The van der Waals surface area contributed by atoms with Crippen molar-refractivity contribution < 1.29 is 14.3 Å². The van der Waals surface area contributed by atoms with Gasteiger partial charge in [0, 0.05) is 12.1 Å². The minimum Gasteiger partial charge on any atom is -0.457 e. The molecule has 3 aromatic carbocycles. The molecule has 3 N–H and O–H groups in total. The summed E-state index contributed by atoms with van der Waals surface area (Å²) < 4.78 is 11.8. The molecule has 0 unspecified atom stereocenters. The summed E-state index contributed by atoms with van der Waals surface area (Å²) in [7, 11) is 0. The Morgan fingerprint density at radius 1 is 0.844 bits per heavy atom. The zero-order valence-electron chi connectivity index (χ0n) is 17.5. The summed E-state index contributed by atoms with van der Waals surface area (Å²) in [6.45, 7) is 1.80. The number of benzene rings is 3. The van der Waals surface area contributed by atoms with Gasteiger partial charge in [-0.05, 0) is 54.1 Å². The Hall–Kier alpha value is -4.39. The van der Waals surface area contributed by atoms with Crippen molar-refractivity contribution in [2.75, 3.05) is 11.1 Å². The number of hydrogen-bond donors (Lipinski definition) is 2. The van der Waals surface area contributed by atoms with Crippen LogP contribution < -0.4 is 20.5 Å². The molecular weight excluding hydrogens is 404 g/mol. The first-order valence-electron chi connectivity index (χ1n) is 10.1. The molecule has 4 rings (SSSR count). The molecule has 7 heteroatoms. The number of rotatable bonds is 7. The second-order valence-corrected chi connectivity index (χ2v) is 6.91. The number of nitrogen functional groups attached to an aromatic ring is 1. The minimum absolute atomic E-state index is 0.0516. The van der Waals surface area contributed by atoms with Crippen LogP contribution in [0.4, 0.5) is 11.5 Å². The van der Waals surface area contributed by atoms with Gasteiger partial charge in [0.15, 0.2) is 0 Å². The number of hydrogen-bond acceptors (Lipinski definition) is 6. The minimum atomic E-state index is -0.0516. The van der Waals surface area contributed by atoms with Crippen LogP contribution in [0.1, 0.15) is 13.3 Å². The van der Waals surface area contributed by atoms with Crippen LogP contribution in [0.2, 0.25) is 0 Å². The standard InChI is InChI=1S/C25H22N4O3/c1-2-22(30)29-18-10-14-21(15-11-18)32-25-23(24(26)27-16-28-25)17-8-12-20(13-9-17)31-19-6-4-3-5-7-19/h3-16H,2H2,1H3,(H,29,30)(H2,26,27,28). The molecule has 0 fully saturated rings. The molecule has 0 saturated heterocycles. The quantitative estimate of drug-likeness (QED) is 0.396. The third-order valence-corrected chi connectivity index (χ3v) is 4.64. The fourth-order valence-corrected chi connectivity index (χ4v) is 3.01. The highest BCUT2D eigenvalue weighted by Gasteiger charge is 2.14. The van der Waals surface area contributed by atoms with E-state index in [4.69, 9.17) is 15.2 Å². The van der Waals surface area contributed by atoms with Gasteiger partial charge in [-0.2, -0.15) is 0 Å². The second kappa shape index (κ2) is 9.61. The molecular formula is C25H22N4O3. The summed E-state index contributed by atoms with van der Waals surface area (Å²) in [6.07, 6.45) is 1.77. The van der Waals surface area contributed by atoms with E-state index in [1.165, 1.54) is 6.33 Å². The Labute approximate surface area is 185 Å². The van der Waals surface area contributed by atoms with Gasteiger partial charge in [-0.15, -0.1) is 0 Å². The van der Waals surface area contributed by atoms with Crippen LogP contribution in [0, 0.1) is 0 Å². The largest absolute Gasteiger partial charge is 0.457 e. The lowest BCUT2D eigenvalue weighted by molar-refractivity contribution is -0.115. The van der Waals surface area contributed by atoms with Crippen LogP contribution in [0.25, 0.3) is 11.1 Å². The van der Waals surface area contributed by atoms with E-state index >= 15 is 0 Å². The van der Waals surface area contributed by atoms with Crippen molar-refractivity contribution in [1.82, 2.24) is 9.97 Å². The Bertz CT molecular complexity index is 1190. The number of ether oxygens (including phenoxy) is 2.